The predicted molar refractivity (Wildman–Crippen MR) is 72.7 cm³/mol. The van der Waals surface area contributed by atoms with Gasteiger partial charge in [0.05, 0.1) is 0 Å². The first kappa shape index (κ1) is 12.9. The summed E-state index contributed by atoms with van der Waals surface area (Å²) >= 11 is 0. The summed E-state index contributed by atoms with van der Waals surface area (Å²) < 4.78 is 0. The molecule has 1 saturated carbocycles. The maximum atomic E-state index is 12.0. The summed E-state index contributed by atoms with van der Waals surface area (Å²) in [6.07, 6.45) is 3.51. The van der Waals surface area contributed by atoms with Crippen molar-refractivity contribution in [3.8, 4) is 0 Å². The van der Waals surface area contributed by atoms with Gasteiger partial charge < -0.3 is 10.6 Å². The second-order valence-corrected chi connectivity index (χ2v) is 4.80. The molecule has 0 saturated heterocycles. The summed E-state index contributed by atoms with van der Waals surface area (Å²) in [5, 5.41) is 6.15. The molecule has 1 aliphatic rings. The molecule has 1 heterocycles. The molecule has 2 unspecified atom stereocenters. The van der Waals surface area contributed by atoms with E-state index in [9.17, 15) is 4.79 Å². The zero-order valence-corrected chi connectivity index (χ0v) is 11.1. The molecule has 1 fully saturated rings. The Hall–Kier alpha value is -1.58. The zero-order chi connectivity index (χ0) is 13.0. The Morgan fingerprint density at radius 3 is 3.00 bits per heavy atom. The fraction of sp³-hybridized carbons (Fsp3) is 0.571. The fourth-order valence-electron chi connectivity index (χ4n) is 2.20. The SMILES string of the molecule is CCCC1CC1NC(=O)c1cccc(NCC)n1. The summed E-state index contributed by atoms with van der Waals surface area (Å²) in [5.41, 5.74) is 0.496. The van der Waals surface area contributed by atoms with Gasteiger partial charge in [0.25, 0.3) is 5.91 Å². The normalized spacial score (nSPS) is 21.4. The van der Waals surface area contributed by atoms with Gasteiger partial charge in [-0.05, 0) is 37.8 Å². The van der Waals surface area contributed by atoms with Crippen LogP contribution in [-0.4, -0.2) is 23.5 Å². The summed E-state index contributed by atoms with van der Waals surface area (Å²) in [7, 11) is 0. The van der Waals surface area contributed by atoms with Gasteiger partial charge in [-0.1, -0.05) is 19.4 Å². The van der Waals surface area contributed by atoms with Crippen LogP contribution in [-0.2, 0) is 0 Å². The number of carbonyl (C=O) groups is 1. The number of amides is 1. The highest BCUT2D eigenvalue weighted by Crippen LogP contribution is 2.34. The molecule has 1 aliphatic carbocycles. The average Bonchev–Trinajstić information content (AvgIpc) is 3.08. The molecule has 2 N–H and O–H groups in total. The van der Waals surface area contributed by atoms with Crippen molar-refractivity contribution < 1.29 is 4.79 Å². The smallest absolute Gasteiger partial charge is 0.270 e. The monoisotopic (exact) mass is 247 g/mol. The van der Waals surface area contributed by atoms with E-state index < -0.39 is 0 Å². The second-order valence-electron chi connectivity index (χ2n) is 4.80. The van der Waals surface area contributed by atoms with Gasteiger partial charge in [0, 0.05) is 12.6 Å². The Labute approximate surface area is 108 Å². The topological polar surface area (TPSA) is 54.0 Å². The lowest BCUT2D eigenvalue weighted by Gasteiger charge is -2.06. The lowest BCUT2D eigenvalue weighted by atomic mass is 10.2. The summed E-state index contributed by atoms with van der Waals surface area (Å²) in [5.74, 6) is 1.38. The number of aromatic nitrogens is 1. The second kappa shape index (κ2) is 5.85. The Balaban J connectivity index is 1.91. The molecule has 4 nitrogen and oxygen atoms in total. The summed E-state index contributed by atoms with van der Waals surface area (Å²) in [6, 6.07) is 5.85. The molecule has 1 aromatic rings. The highest BCUT2D eigenvalue weighted by Gasteiger charge is 2.37. The van der Waals surface area contributed by atoms with Crippen molar-refractivity contribution >= 4 is 11.7 Å². The molecule has 0 radical (unpaired) electrons. The molecule has 0 aromatic carbocycles. The molecule has 0 aliphatic heterocycles. The Bertz CT molecular complexity index is 419. The van der Waals surface area contributed by atoms with Crippen molar-refractivity contribution in [2.24, 2.45) is 5.92 Å². The van der Waals surface area contributed by atoms with Crippen molar-refractivity contribution in [3.63, 3.8) is 0 Å². The van der Waals surface area contributed by atoms with Crippen LogP contribution >= 0.6 is 0 Å². The van der Waals surface area contributed by atoms with Crippen LogP contribution in [0.4, 0.5) is 5.82 Å². The Morgan fingerprint density at radius 2 is 2.28 bits per heavy atom. The van der Waals surface area contributed by atoms with Crippen molar-refractivity contribution in [1.29, 1.82) is 0 Å². The van der Waals surface area contributed by atoms with Gasteiger partial charge in [0.2, 0.25) is 0 Å². The van der Waals surface area contributed by atoms with Crippen molar-refractivity contribution in [1.82, 2.24) is 10.3 Å². The van der Waals surface area contributed by atoms with Gasteiger partial charge in [-0.3, -0.25) is 4.79 Å². The molecule has 18 heavy (non-hydrogen) atoms. The van der Waals surface area contributed by atoms with Crippen LogP contribution in [0.25, 0.3) is 0 Å². The maximum absolute atomic E-state index is 12.0. The third-order valence-corrected chi connectivity index (χ3v) is 3.24. The van der Waals surface area contributed by atoms with Crippen LogP contribution < -0.4 is 10.6 Å². The Kier molecular flexibility index (Phi) is 4.18. The third kappa shape index (κ3) is 3.22. The van der Waals surface area contributed by atoms with Gasteiger partial charge in [0.15, 0.2) is 0 Å². The van der Waals surface area contributed by atoms with E-state index in [2.05, 4.69) is 22.5 Å². The van der Waals surface area contributed by atoms with E-state index in [0.29, 0.717) is 17.7 Å². The van der Waals surface area contributed by atoms with Crippen LogP contribution in [0.3, 0.4) is 0 Å². The quantitative estimate of drug-likeness (QED) is 0.811. The van der Waals surface area contributed by atoms with Crippen LogP contribution in [0.5, 0.6) is 0 Å². The van der Waals surface area contributed by atoms with Crippen LogP contribution in [0.2, 0.25) is 0 Å². The molecule has 4 heteroatoms. The van der Waals surface area contributed by atoms with Crippen LogP contribution in [0.15, 0.2) is 18.2 Å². The minimum Gasteiger partial charge on any atom is -0.370 e. The van der Waals surface area contributed by atoms with E-state index in [1.54, 1.807) is 6.07 Å². The molecular weight excluding hydrogens is 226 g/mol. The van der Waals surface area contributed by atoms with E-state index in [-0.39, 0.29) is 5.91 Å². The summed E-state index contributed by atoms with van der Waals surface area (Å²) in [6.45, 7) is 4.99. The van der Waals surface area contributed by atoms with E-state index in [1.807, 2.05) is 19.1 Å². The van der Waals surface area contributed by atoms with Crippen LogP contribution in [0.1, 0.15) is 43.6 Å². The number of anilines is 1. The molecule has 98 valence electrons. The molecule has 1 amide bonds. The molecular formula is C14H21N3O. The standard InChI is InChI=1S/C14H21N3O/c1-3-6-10-9-12(10)17-14(18)11-7-5-8-13(16-11)15-4-2/h5,7-8,10,12H,3-4,6,9H2,1-2H3,(H,15,16)(H,17,18). The largest absolute Gasteiger partial charge is 0.370 e. The van der Waals surface area contributed by atoms with Crippen molar-refractivity contribution in [3.05, 3.63) is 23.9 Å². The molecule has 1 aromatic heterocycles. The lowest BCUT2D eigenvalue weighted by Crippen LogP contribution is -2.27. The van der Waals surface area contributed by atoms with E-state index in [4.69, 9.17) is 0 Å². The summed E-state index contributed by atoms with van der Waals surface area (Å²) in [4.78, 5) is 16.3. The minimum atomic E-state index is -0.0571. The number of rotatable bonds is 6. The average molecular weight is 247 g/mol. The van der Waals surface area contributed by atoms with Crippen molar-refractivity contribution in [2.75, 3.05) is 11.9 Å². The minimum absolute atomic E-state index is 0.0571. The van der Waals surface area contributed by atoms with Gasteiger partial charge in [0.1, 0.15) is 11.5 Å². The van der Waals surface area contributed by atoms with Gasteiger partial charge in [-0.15, -0.1) is 0 Å². The van der Waals surface area contributed by atoms with E-state index in [1.165, 1.54) is 12.8 Å². The first-order valence-corrected chi connectivity index (χ1v) is 6.76. The highest BCUT2D eigenvalue weighted by atomic mass is 16.2. The molecule has 2 atom stereocenters. The number of nitrogens with one attached hydrogen (secondary N) is 2. The third-order valence-electron chi connectivity index (χ3n) is 3.24. The number of hydrogen-bond donors (Lipinski definition) is 2. The molecule has 0 bridgehead atoms. The first-order chi connectivity index (χ1) is 8.74. The van der Waals surface area contributed by atoms with E-state index >= 15 is 0 Å². The highest BCUT2D eigenvalue weighted by molar-refractivity contribution is 5.93. The fourth-order valence-corrected chi connectivity index (χ4v) is 2.20. The van der Waals surface area contributed by atoms with Gasteiger partial charge in [-0.2, -0.15) is 0 Å². The Morgan fingerprint density at radius 1 is 1.44 bits per heavy atom. The van der Waals surface area contributed by atoms with Crippen molar-refractivity contribution in [2.45, 2.75) is 39.2 Å². The van der Waals surface area contributed by atoms with Gasteiger partial charge >= 0.3 is 0 Å². The zero-order valence-electron chi connectivity index (χ0n) is 11.1. The van der Waals surface area contributed by atoms with Gasteiger partial charge in [-0.25, -0.2) is 4.98 Å². The number of carbonyl (C=O) groups excluding carboxylic acids is 1. The maximum Gasteiger partial charge on any atom is 0.270 e. The molecule has 2 rings (SSSR count). The number of nitrogens with zero attached hydrogens (tertiary/aromatic N) is 1. The molecule has 0 spiro atoms. The van der Waals surface area contributed by atoms with Crippen LogP contribution in [0, 0.1) is 5.92 Å². The first-order valence-electron chi connectivity index (χ1n) is 6.76. The lowest BCUT2D eigenvalue weighted by molar-refractivity contribution is 0.0944. The van der Waals surface area contributed by atoms with E-state index in [0.717, 1.165) is 18.8 Å². The predicted octanol–water partition coefficient (Wildman–Crippen LogP) is 2.43. The number of hydrogen-bond acceptors (Lipinski definition) is 3. The number of pyridine rings is 1.